The fourth-order valence-corrected chi connectivity index (χ4v) is 3.68. The monoisotopic (exact) mass is 350 g/mol. The summed E-state index contributed by atoms with van der Waals surface area (Å²) in [7, 11) is 0. The van der Waals surface area contributed by atoms with E-state index in [0.717, 1.165) is 47.0 Å². The predicted molar refractivity (Wildman–Crippen MR) is 94.5 cm³/mol. The van der Waals surface area contributed by atoms with Crippen LogP contribution in [-0.2, 0) is 0 Å². The van der Waals surface area contributed by atoms with E-state index in [-0.39, 0.29) is 6.10 Å². The first-order valence-electron chi connectivity index (χ1n) is 7.79. The fourth-order valence-electron chi connectivity index (χ4n) is 3.17. The highest BCUT2D eigenvalue weighted by atomic mass is 35.5. The molecule has 2 aromatic rings. The number of halogens is 2. The smallest absolute Gasteiger partial charge is 0.129 e. The van der Waals surface area contributed by atoms with Crippen molar-refractivity contribution in [2.75, 3.05) is 13.1 Å². The number of rotatable bonds is 4. The van der Waals surface area contributed by atoms with Crippen molar-refractivity contribution in [3.63, 3.8) is 0 Å². The van der Waals surface area contributed by atoms with Gasteiger partial charge in [0.1, 0.15) is 11.9 Å². The molecule has 0 aliphatic carbocycles. The SMILES string of the molecule is Cc1cc(Cl)cc(C)c1OC(c1cncc(Cl)c1)C1CCNC1. The summed E-state index contributed by atoms with van der Waals surface area (Å²) in [4.78, 5) is 4.22. The highest BCUT2D eigenvalue weighted by Crippen LogP contribution is 2.36. The van der Waals surface area contributed by atoms with Crippen molar-refractivity contribution in [2.24, 2.45) is 5.92 Å². The number of hydrogen-bond acceptors (Lipinski definition) is 3. The van der Waals surface area contributed by atoms with Crippen molar-refractivity contribution in [1.82, 2.24) is 10.3 Å². The number of nitrogens with zero attached hydrogens (tertiary/aromatic N) is 1. The molecule has 0 saturated carbocycles. The summed E-state index contributed by atoms with van der Waals surface area (Å²) >= 11 is 12.3. The fraction of sp³-hybridized carbons (Fsp3) is 0.389. The Kier molecular flexibility index (Phi) is 5.10. The number of aromatic nitrogens is 1. The van der Waals surface area contributed by atoms with Crippen LogP contribution in [-0.4, -0.2) is 18.1 Å². The van der Waals surface area contributed by atoms with Gasteiger partial charge >= 0.3 is 0 Å². The van der Waals surface area contributed by atoms with Crippen LogP contribution in [0.4, 0.5) is 0 Å². The maximum absolute atomic E-state index is 6.46. The summed E-state index contributed by atoms with van der Waals surface area (Å²) < 4.78 is 6.46. The molecule has 5 heteroatoms. The molecule has 2 heterocycles. The summed E-state index contributed by atoms with van der Waals surface area (Å²) in [5, 5.41) is 4.77. The van der Waals surface area contributed by atoms with E-state index < -0.39 is 0 Å². The molecule has 1 aromatic carbocycles. The molecule has 1 saturated heterocycles. The maximum atomic E-state index is 6.46. The van der Waals surface area contributed by atoms with Gasteiger partial charge in [-0.25, -0.2) is 0 Å². The first-order chi connectivity index (χ1) is 11.0. The Balaban J connectivity index is 1.96. The van der Waals surface area contributed by atoms with Crippen LogP contribution in [0.15, 0.2) is 30.6 Å². The van der Waals surface area contributed by atoms with E-state index in [1.54, 1.807) is 6.20 Å². The molecule has 1 aromatic heterocycles. The zero-order valence-corrected chi connectivity index (χ0v) is 14.8. The first kappa shape index (κ1) is 16.6. The second-order valence-electron chi connectivity index (χ2n) is 6.10. The average Bonchev–Trinajstić information content (AvgIpc) is 3.00. The third kappa shape index (κ3) is 3.79. The molecule has 0 spiro atoms. The number of hydrogen-bond donors (Lipinski definition) is 1. The lowest BCUT2D eigenvalue weighted by Gasteiger charge is -2.26. The van der Waals surface area contributed by atoms with Gasteiger partial charge in [-0.15, -0.1) is 0 Å². The molecule has 122 valence electrons. The van der Waals surface area contributed by atoms with Crippen LogP contribution in [0.3, 0.4) is 0 Å². The summed E-state index contributed by atoms with van der Waals surface area (Å²) in [5.74, 6) is 1.29. The summed E-state index contributed by atoms with van der Waals surface area (Å²) in [6, 6.07) is 5.81. The molecule has 0 bridgehead atoms. The molecule has 23 heavy (non-hydrogen) atoms. The maximum Gasteiger partial charge on any atom is 0.129 e. The van der Waals surface area contributed by atoms with Gasteiger partial charge in [-0.05, 0) is 56.1 Å². The van der Waals surface area contributed by atoms with Crippen LogP contribution in [0.2, 0.25) is 10.0 Å². The molecule has 1 aliphatic rings. The second-order valence-corrected chi connectivity index (χ2v) is 6.97. The predicted octanol–water partition coefficient (Wildman–Crippen LogP) is 4.73. The van der Waals surface area contributed by atoms with Crippen LogP contribution in [0, 0.1) is 19.8 Å². The number of ether oxygens (including phenoxy) is 1. The molecule has 3 nitrogen and oxygen atoms in total. The van der Waals surface area contributed by atoms with E-state index in [0.29, 0.717) is 10.9 Å². The highest BCUT2D eigenvalue weighted by Gasteiger charge is 2.29. The molecule has 1 N–H and O–H groups in total. The topological polar surface area (TPSA) is 34.1 Å². The van der Waals surface area contributed by atoms with E-state index in [2.05, 4.69) is 10.3 Å². The lowest BCUT2D eigenvalue weighted by molar-refractivity contribution is 0.142. The van der Waals surface area contributed by atoms with Gasteiger partial charge in [-0.2, -0.15) is 0 Å². The second kappa shape index (κ2) is 7.08. The van der Waals surface area contributed by atoms with Crippen LogP contribution < -0.4 is 10.1 Å². The van der Waals surface area contributed by atoms with E-state index in [4.69, 9.17) is 27.9 Å². The van der Waals surface area contributed by atoms with Gasteiger partial charge in [0, 0.05) is 35.4 Å². The third-order valence-corrected chi connectivity index (χ3v) is 4.68. The van der Waals surface area contributed by atoms with Crippen LogP contribution >= 0.6 is 23.2 Å². The number of benzene rings is 1. The van der Waals surface area contributed by atoms with Gasteiger partial charge in [0.15, 0.2) is 0 Å². The molecule has 2 atom stereocenters. The zero-order chi connectivity index (χ0) is 16.4. The van der Waals surface area contributed by atoms with Crippen molar-refractivity contribution < 1.29 is 4.74 Å². The Morgan fingerprint density at radius 3 is 2.48 bits per heavy atom. The van der Waals surface area contributed by atoms with Gasteiger partial charge in [-0.1, -0.05) is 23.2 Å². The van der Waals surface area contributed by atoms with Crippen molar-refractivity contribution in [3.05, 3.63) is 57.3 Å². The molecule has 0 radical (unpaired) electrons. The van der Waals surface area contributed by atoms with Gasteiger partial charge < -0.3 is 10.1 Å². The third-order valence-electron chi connectivity index (χ3n) is 4.25. The Morgan fingerprint density at radius 1 is 1.13 bits per heavy atom. The molecule has 0 amide bonds. The standard InChI is InChI=1S/C18H20Cl2N2O/c1-11-5-15(19)6-12(2)17(11)23-18(13-3-4-21-8-13)14-7-16(20)10-22-9-14/h5-7,9-10,13,18,21H,3-4,8H2,1-2H3. The van der Waals surface area contributed by atoms with Crippen LogP contribution in [0.5, 0.6) is 5.75 Å². The van der Waals surface area contributed by atoms with E-state index in [1.807, 2.05) is 38.2 Å². The largest absolute Gasteiger partial charge is 0.485 e. The summed E-state index contributed by atoms with van der Waals surface area (Å²) in [5.41, 5.74) is 3.10. The minimum Gasteiger partial charge on any atom is -0.485 e. The van der Waals surface area contributed by atoms with Gasteiger partial charge in [0.25, 0.3) is 0 Å². The molecule has 1 fully saturated rings. The molecule has 3 rings (SSSR count). The van der Waals surface area contributed by atoms with Gasteiger partial charge in [-0.3, -0.25) is 4.98 Å². The zero-order valence-electron chi connectivity index (χ0n) is 13.3. The summed E-state index contributed by atoms with van der Waals surface area (Å²) in [6.07, 6.45) is 4.49. The average molecular weight is 351 g/mol. The van der Waals surface area contributed by atoms with Gasteiger partial charge in [0.05, 0.1) is 5.02 Å². The van der Waals surface area contributed by atoms with E-state index >= 15 is 0 Å². The quantitative estimate of drug-likeness (QED) is 0.864. The number of aryl methyl sites for hydroxylation is 2. The molecular weight excluding hydrogens is 331 g/mol. The Morgan fingerprint density at radius 2 is 1.87 bits per heavy atom. The van der Waals surface area contributed by atoms with E-state index in [1.165, 1.54) is 0 Å². The Labute approximate surface area is 147 Å². The van der Waals surface area contributed by atoms with Crippen molar-refractivity contribution in [3.8, 4) is 5.75 Å². The van der Waals surface area contributed by atoms with Gasteiger partial charge in [0.2, 0.25) is 0 Å². The lowest BCUT2D eigenvalue weighted by Crippen LogP contribution is -2.22. The summed E-state index contributed by atoms with van der Waals surface area (Å²) in [6.45, 7) is 5.99. The van der Waals surface area contributed by atoms with Crippen LogP contribution in [0.25, 0.3) is 0 Å². The normalized spacial score (nSPS) is 18.9. The minimum atomic E-state index is -0.0743. The van der Waals surface area contributed by atoms with Crippen molar-refractivity contribution in [2.45, 2.75) is 26.4 Å². The Hall–Kier alpha value is -1.29. The number of nitrogens with one attached hydrogen (secondary N) is 1. The Bertz CT molecular complexity index is 676. The first-order valence-corrected chi connectivity index (χ1v) is 8.55. The van der Waals surface area contributed by atoms with E-state index in [9.17, 15) is 0 Å². The molecular formula is C18H20Cl2N2O. The number of pyridine rings is 1. The molecule has 2 unspecified atom stereocenters. The van der Waals surface area contributed by atoms with Crippen LogP contribution in [0.1, 0.15) is 29.2 Å². The van der Waals surface area contributed by atoms with Crippen molar-refractivity contribution in [1.29, 1.82) is 0 Å². The lowest BCUT2D eigenvalue weighted by atomic mass is 9.95. The van der Waals surface area contributed by atoms with Crippen molar-refractivity contribution >= 4 is 23.2 Å². The minimum absolute atomic E-state index is 0.0743. The molecule has 1 aliphatic heterocycles. The highest BCUT2D eigenvalue weighted by molar-refractivity contribution is 6.31.